The average molecular weight is 381 g/mol. The van der Waals surface area contributed by atoms with E-state index in [0.717, 1.165) is 12.3 Å². The van der Waals surface area contributed by atoms with Crippen LogP contribution in [0.25, 0.3) is 0 Å². The molecule has 5 nitrogen and oxygen atoms in total. The first-order valence-electron chi connectivity index (χ1n) is 7.27. The molecule has 0 spiro atoms. The fourth-order valence-corrected chi connectivity index (χ4v) is 5.73. The summed E-state index contributed by atoms with van der Waals surface area (Å²) in [6, 6.07) is 2.35. The minimum absolute atomic E-state index is 0.0247. The van der Waals surface area contributed by atoms with Gasteiger partial charge in [-0.2, -0.15) is 0 Å². The lowest BCUT2D eigenvalue weighted by Gasteiger charge is -2.17. The van der Waals surface area contributed by atoms with Crippen molar-refractivity contribution in [2.75, 3.05) is 6.26 Å². The van der Waals surface area contributed by atoms with E-state index in [-0.39, 0.29) is 15.4 Å². The van der Waals surface area contributed by atoms with Crippen LogP contribution in [-0.2, 0) is 26.1 Å². The molecule has 1 aromatic carbocycles. The van der Waals surface area contributed by atoms with Gasteiger partial charge in [-0.15, -0.1) is 0 Å². The lowest BCUT2D eigenvalue weighted by molar-refractivity contribution is 0.108. The fourth-order valence-electron chi connectivity index (χ4n) is 2.37. The molecule has 0 aliphatic rings. The van der Waals surface area contributed by atoms with Crippen LogP contribution in [0.15, 0.2) is 21.9 Å². The molecule has 0 saturated heterocycles. The van der Waals surface area contributed by atoms with Crippen molar-refractivity contribution in [1.82, 2.24) is 0 Å². The van der Waals surface area contributed by atoms with Gasteiger partial charge in [-0.05, 0) is 49.1 Å². The predicted molar refractivity (Wildman–Crippen MR) is 90.7 cm³/mol. The van der Waals surface area contributed by atoms with Crippen molar-refractivity contribution in [1.29, 1.82) is 0 Å². The van der Waals surface area contributed by atoms with E-state index in [2.05, 4.69) is 0 Å². The van der Waals surface area contributed by atoms with Gasteiger partial charge < -0.3 is 0 Å². The van der Waals surface area contributed by atoms with Gasteiger partial charge in [0.1, 0.15) is 0 Å². The number of hydrogen-bond donors (Lipinski definition) is 0. The Kier molecular flexibility index (Phi) is 6.40. The van der Waals surface area contributed by atoms with Gasteiger partial charge in [0.2, 0.25) is 0 Å². The number of halogens is 1. The van der Waals surface area contributed by atoms with E-state index in [4.69, 9.17) is 11.6 Å². The second kappa shape index (κ2) is 7.32. The minimum Gasteiger partial charge on any atom is -0.276 e. The van der Waals surface area contributed by atoms with Crippen molar-refractivity contribution in [3.05, 3.63) is 23.3 Å². The summed E-state index contributed by atoms with van der Waals surface area (Å²) >= 11 is 5.50. The Morgan fingerprint density at radius 3 is 2.09 bits per heavy atom. The third-order valence-electron chi connectivity index (χ3n) is 3.69. The average Bonchev–Trinajstić information content (AvgIpc) is 2.44. The van der Waals surface area contributed by atoms with E-state index in [1.54, 1.807) is 13.8 Å². The highest BCUT2D eigenvalue weighted by molar-refractivity contribution is 7.94. The van der Waals surface area contributed by atoms with Crippen LogP contribution >= 0.6 is 11.6 Å². The molecule has 0 aromatic heterocycles. The summed E-state index contributed by atoms with van der Waals surface area (Å²) in [6.45, 7) is 5.15. The Hall–Kier alpha value is -0.920. The fraction of sp³-hybridized carbons (Fsp3) is 0.533. The second-order valence-corrected chi connectivity index (χ2v) is 10.2. The number of aryl methyl sites for hydroxylation is 1. The molecule has 0 saturated carbocycles. The van der Waals surface area contributed by atoms with Crippen LogP contribution in [0.5, 0.6) is 0 Å². The van der Waals surface area contributed by atoms with Gasteiger partial charge >= 0.3 is 0 Å². The Morgan fingerprint density at radius 2 is 1.70 bits per heavy atom. The molecular weight excluding hydrogens is 360 g/mol. The van der Waals surface area contributed by atoms with Gasteiger partial charge in [-0.25, -0.2) is 16.8 Å². The lowest BCUT2D eigenvalue weighted by Crippen LogP contribution is -2.21. The van der Waals surface area contributed by atoms with Crippen LogP contribution in [0, 0.1) is 0 Å². The first kappa shape index (κ1) is 20.1. The molecule has 1 unspecified atom stereocenters. The molecule has 23 heavy (non-hydrogen) atoms. The molecule has 0 heterocycles. The van der Waals surface area contributed by atoms with Gasteiger partial charge in [0.05, 0.1) is 15.0 Å². The molecule has 0 aliphatic carbocycles. The molecule has 0 bridgehead atoms. The van der Waals surface area contributed by atoms with E-state index in [9.17, 15) is 21.6 Å². The van der Waals surface area contributed by atoms with Gasteiger partial charge in [-0.1, -0.05) is 20.3 Å². The highest BCUT2D eigenvalue weighted by Gasteiger charge is 2.30. The molecular formula is C15H21ClO5S2. The number of rotatable bonds is 7. The Bertz CT molecular complexity index is 811. The van der Waals surface area contributed by atoms with Gasteiger partial charge in [-0.3, -0.25) is 4.79 Å². The number of carbonyl (C=O) groups is 1. The molecule has 130 valence electrons. The third kappa shape index (κ3) is 4.33. The van der Waals surface area contributed by atoms with Crippen molar-refractivity contribution in [2.24, 2.45) is 0 Å². The third-order valence-corrected chi connectivity index (χ3v) is 7.41. The Balaban J connectivity index is 3.81. The van der Waals surface area contributed by atoms with E-state index in [1.165, 1.54) is 6.07 Å². The Labute approximate surface area is 142 Å². The van der Waals surface area contributed by atoms with Crippen molar-refractivity contribution in [3.8, 4) is 0 Å². The maximum Gasteiger partial charge on any atom is 0.252 e. The highest BCUT2D eigenvalue weighted by atomic mass is 35.5. The zero-order valence-electron chi connectivity index (χ0n) is 13.6. The van der Waals surface area contributed by atoms with Crippen LogP contribution in [0.4, 0.5) is 0 Å². The van der Waals surface area contributed by atoms with Crippen LogP contribution in [-0.4, -0.2) is 33.6 Å². The second-order valence-electron chi connectivity index (χ2n) is 5.50. The van der Waals surface area contributed by atoms with E-state index in [1.807, 2.05) is 6.92 Å². The number of carbonyl (C=O) groups excluding carboxylic acids is 1. The SMILES string of the molecule is CCCC(C)S(=O)(=O)c1cc(CC)c(C(=O)Cl)cc1S(C)(=O)=O. The van der Waals surface area contributed by atoms with Crippen LogP contribution in [0.2, 0.25) is 0 Å². The summed E-state index contributed by atoms with van der Waals surface area (Å²) < 4.78 is 49.6. The van der Waals surface area contributed by atoms with Crippen molar-refractivity contribution in [2.45, 2.75) is 55.1 Å². The molecule has 1 rings (SSSR count). The number of hydrogen-bond acceptors (Lipinski definition) is 5. The molecule has 8 heteroatoms. The first-order chi connectivity index (χ1) is 10.5. The molecule has 0 fully saturated rings. The smallest absolute Gasteiger partial charge is 0.252 e. The maximum absolute atomic E-state index is 12.8. The van der Waals surface area contributed by atoms with Gasteiger partial charge in [0, 0.05) is 11.8 Å². The first-order valence-corrected chi connectivity index (χ1v) is 11.1. The summed E-state index contributed by atoms with van der Waals surface area (Å²) in [4.78, 5) is 10.9. The Morgan fingerprint density at radius 1 is 1.13 bits per heavy atom. The molecule has 0 aliphatic heterocycles. The van der Waals surface area contributed by atoms with Gasteiger partial charge in [0.15, 0.2) is 19.7 Å². The molecule has 0 N–H and O–H groups in total. The maximum atomic E-state index is 12.8. The number of benzene rings is 1. The summed E-state index contributed by atoms with van der Waals surface area (Å²) in [5.74, 6) is 0. The summed E-state index contributed by atoms with van der Waals surface area (Å²) in [5, 5.41) is -1.52. The summed E-state index contributed by atoms with van der Waals surface area (Å²) in [7, 11) is -7.66. The summed E-state index contributed by atoms with van der Waals surface area (Å²) in [6.07, 6.45) is 2.36. The van der Waals surface area contributed by atoms with Gasteiger partial charge in [0.25, 0.3) is 5.24 Å². The normalized spacial score (nSPS) is 13.8. The zero-order chi connectivity index (χ0) is 18.0. The van der Waals surface area contributed by atoms with Crippen molar-refractivity contribution >= 4 is 36.5 Å². The van der Waals surface area contributed by atoms with Crippen LogP contribution in [0.3, 0.4) is 0 Å². The largest absolute Gasteiger partial charge is 0.276 e. The molecule has 1 aromatic rings. The quantitative estimate of drug-likeness (QED) is 0.679. The van der Waals surface area contributed by atoms with Crippen molar-refractivity contribution in [3.63, 3.8) is 0 Å². The van der Waals surface area contributed by atoms with Crippen molar-refractivity contribution < 1.29 is 21.6 Å². The zero-order valence-corrected chi connectivity index (χ0v) is 16.0. The monoisotopic (exact) mass is 380 g/mol. The van der Waals surface area contributed by atoms with Crippen LogP contribution < -0.4 is 0 Å². The lowest BCUT2D eigenvalue weighted by atomic mass is 10.1. The predicted octanol–water partition coefficient (Wildman–Crippen LogP) is 2.99. The highest BCUT2D eigenvalue weighted by Crippen LogP contribution is 2.30. The van der Waals surface area contributed by atoms with Crippen LogP contribution in [0.1, 0.15) is 49.5 Å². The minimum atomic E-state index is -3.84. The molecule has 0 amide bonds. The van der Waals surface area contributed by atoms with E-state index >= 15 is 0 Å². The molecule has 1 atom stereocenters. The molecule has 0 radical (unpaired) electrons. The topological polar surface area (TPSA) is 85.3 Å². The van der Waals surface area contributed by atoms with E-state index < -0.39 is 30.2 Å². The number of sulfone groups is 2. The standard InChI is InChI=1S/C15H21ClO5S2/c1-5-7-10(3)23(20,21)14-8-11(6-2)12(15(16)17)9-13(14)22(4,18)19/h8-10H,5-7H2,1-4H3. The summed E-state index contributed by atoms with van der Waals surface area (Å²) in [5.41, 5.74) is 0.441. The van der Waals surface area contributed by atoms with E-state index in [0.29, 0.717) is 24.8 Å².